The van der Waals surface area contributed by atoms with Crippen molar-refractivity contribution in [1.29, 1.82) is 0 Å². The number of carbonyl (C=O) groups is 1. The van der Waals surface area contributed by atoms with E-state index in [1.54, 1.807) is 0 Å². The lowest BCUT2D eigenvalue weighted by Crippen LogP contribution is -2.42. The minimum atomic E-state index is 0.101. The first kappa shape index (κ1) is 20.3. The molecular formula is C22H31N5O. The van der Waals surface area contributed by atoms with Crippen molar-refractivity contribution in [3.8, 4) is 11.3 Å². The van der Waals surface area contributed by atoms with Gasteiger partial charge in [-0.15, -0.1) is 10.2 Å². The van der Waals surface area contributed by atoms with E-state index in [0.29, 0.717) is 0 Å². The molecule has 1 amide bonds. The van der Waals surface area contributed by atoms with Gasteiger partial charge in [0, 0.05) is 37.7 Å². The van der Waals surface area contributed by atoms with Gasteiger partial charge < -0.3 is 15.1 Å². The van der Waals surface area contributed by atoms with E-state index in [2.05, 4.69) is 39.2 Å². The minimum absolute atomic E-state index is 0.101. The van der Waals surface area contributed by atoms with Crippen LogP contribution in [0.25, 0.3) is 11.3 Å². The molecule has 1 aromatic heterocycles. The number of nitrogens with zero attached hydrogens (tertiary/aromatic N) is 4. The highest BCUT2D eigenvalue weighted by Crippen LogP contribution is 2.23. The first-order chi connectivity index (χ1) is 13.7. The van der Waals surface area contributed by atoms with Crippen molar-refractivity contribution >= 4 is 11.7 Å². The Bertz CT molecular complexity index is 722. The third-order valence-corrected chi connectivity index (χ3v) is 5.53. The number of likely N-dealkylation sites (N-methyl/N-ethyl adjacent to an activating group) is 1. The average molecular weight is 382 g/mol. The lowest BCUT2D eigenvalue weighted by Gasteiger charge is -2.32. The van der Waals surface area contributed by atoms with Crippen LogP contribution in [0.3, 0.4) is 0 Å². The molecule has 1 fully saturated rings. The molecule has 2 aromatic rings. The smallest absolute Gasteiger partial charge is 0.223 e. The Balaban J connectivity index is 1.46. The number of benzene rings is 1. The van der Waals surface area contributed by atoms with Crippen LogP contribution in [0.4, 0.5) is 5.82 Å². The predicted molar refractivity (Wildman–Crippen MR) is 113 cm³/mol. The Morgan fingerprint density at radius 1 is 1.07 bits per heavy atom. The highest BCUT2D eigenvalue weighted by Gasteiger charge is 2.25. The van der Waals surface area contributed by atoms with Crippen molar-refractivity contribution in [3.63, 3.8) is 0 Å². The Labute approximate surface area is 168 Å². The molecule has 1 aliphatic heterocycles. The standard InChI is InChI=1S/C22H31N5O/c1-3-26(4-2)17-14-23-22(28)19-12-15-27(16-13-19)21-11-10-20(24-25-21)18-8-6-5-7-9-18/h5-11,19H,3-4,12-17H2,1-2H3,(H,23,28). The van der Waals surface area contributed by atoms with Crippen LogP contribution < -0.4 is 10.2 Å². The highest BCUT2D eigenvalue weighted by molar-refractivity contribution is 5.79. The van der Waals surface area contributed by atoms with E-state index in [1.165, 1.54) is 0 Å². The monoisotopic (exact) mass is 381 g/mol. The minimum Gasteiger partial charge on any atom is -0.355 e. The van der Waals surface area contributed by atoms with Gasteiger partial charge >= 0.3 is 0 Å². The number of piperidine rings is 1. The average Bonchev–Trinajstić information content (AvgIpc) is 2.77. The topological polar surface area (TPSA) is 61.4 Å². The van der Waals surface area contributed by atoms with Crippen LogP contribution in [0, 0.1) is 5.92 Å². The van der Waals surface area contributed by atoms with Crippen molar-refractivity contribution in [2.24, 2.45) is 5.92 Å². The van der Waals surface area contributed by atoms with Crippen molar-refractivity contribution < 1.29 is 4.79 Å². The van der Waals surface area contributed by atoms with E-state index < -0.39 is 0 Å². The molecule has 1 N–H and O–H groups in total. The number of hydrogen-bond donors (Lipinski definition) is 1. The van der Waals surface area contributed by atoms with Gasteiger partial charge in [0.15, 0.2) is 5.82 Å². The Hall–Kier alpha value is -2.47. The molecule has 28 heavy (non-hydrogen) atoms. The van der Waals surface area contributed by atoms with Gasteiger partial charge in [-0.2, -0.15) is 0 Å². The summed E-state index contributed by atoms with van der Waals surface area (Å²) in [5.74, 6) is 1.18. The molecule has 0 aliphatic carbocycles. The summed E-state index contributed by atoms with van der Waals surface area (Å²) >= 11 is 0. The van der Waals surface area contributed by atoms with Gasteiger partial charge in [0.2, 0.25) is 5.91 Å². The van der Waals surface area contributed by atoms with Crippen LogP contribution in [0.5, 0.6) is 0 Å². The van der Waals surface area contributed by atoms with E-state index in [1.807, 2.05) is 42.5 Å². The zero-order valence-corrected chi connectivity index (χ0v) is 17.0. The molecular weight excluding hydrogens is 350 g/mol. The molecule has 0 spiro atoms. The van der Waals surface area contributed by atoms with Gasteiger partial charge in [0.05, 0.1) is 5.69 Å². The predicted octanol–water partition coefficient (Wildman–Crippen LogP) is 2.82. The van der Waals surface area contributed by atoms with Gasteiger partial charge in [-0.05, 0) is 38.1 Å². The SMILES string of the molecule is CCN(CC)CCNC(=O)C1CCN(c2ccc(-c3ccccc3)nn2)CC1. The van der Waals surface area contributed by atoms with E-state index in [-0.39, 0.29) is 11.8 Å². The Morgan fingerprint density at radius 3 is 2.39 bits per heavy atom. The van der Waals surface area contributed by atoms with E-state index in [4.69, 9.17) is 0 Å². The van der Waals surface area contributed by atoms with E-state index in [0.717, 1.165) is 69.2 Å². The van der Waals surface area contributed by atoms with Crippen molar-refractivity contribution in [2.75, 3.05) is 44.2 Å². The van der Waals surface area contributed by atoms with Gasteiger partial charge in [-0.25, -0.2) is 0 Å². The lowest BCUT2D eigenvalue weighted by molar-refractivity contribution is -0.125. The molecule has 2 heterocycles. The second-order valence-corrected chi connectivity index (χ2v) is 7.22. The summed E-state index contributed by atoms with van der Waals surface area (Å²) in [5, 5.41) is 11.9. The van der Waals surface area contributed by atoms with Crippen molar-refractivity contribution in [1.82, 2.24) is 20.4 Å². The number of anilines is 1. The summed E-state index contributed by atoms with van der Waals surface area (Å²) in [4.78, 5) is 17.0. The molecule has 0 unspecified atom stereocenters. The summed E-state index contributed by atoms with van der Waals surface area (Å²) in [6.07, 6.45) is 1.72. The molecule has 0 radical (unpaired) electrons. The third kappa shape index (κ3) is 5.29. The van der Waals surface area contributed by atoms with E-state index in [9.17, 15) is 4.79 Å². The van der Waals surface area contributed by atoms with Gasteiger partial charge in [-0.1, -0.05) is 44.2 Å². The zero-order valence-electron chi connectivity index (χ0n) is 17.0. The molecule has 0 atom stereocenters. The first-order valence-corrected chi connectivity index (χ1v) is 10.4. The number of amides is 1. The molecule has 6 nitrogen and oxygen atoms in total. The van der Waals surface area contributed by atoms with Gasteiger partial charge in [-0.3, -0.25) is 4.79 Å². The molecule has 1 aromatic carbocycles. The van der Waals surface area contributed by atoms with Crippen molar-refractivity contribution in [3.05, 3.63) is 42.5 Å². The fourth-order valence-corrected chi connectivity index (χ4v) is 3.65. The second kappa shape index (κ2) is 10.2. The molecule has 150 valence electrons. The second-order valence-electron chi connectivity index (χ2n) is 7.22. The molecule has 0 saturated carbocycles. The maximum absolute atomic E-state index is 12.4. The van der Waals surface area contributed by atoms with Crippen LogP contribution in [0.2, 0.25) is 0 Å². The maximum Gasteiger partial charge on any atom is 0.223 e. The quantitative estimate of drug-likeness (QED) is 0.762. The maximum atomic E-state index is 12.4. The summed E-state index contributed by atoms with van der Waals surface area (Å²) < 4.78 is 0. The summed E-state index contributed by atoms with van der Waals surface area (Å²) in [6.45, 7) is 9.67. The largest absolute Gasteiger partial charge is 0.355 e. The number of nitrogens with one attached hydrogen (secondary N) is 1. The number of carbonyl (C=O) groups excluding carboxylic acids is 1. The van der Waals surface area contributed by atoms with Crippen LogP contribution in [0.15, 0.2) is 42.5 Å². The van der Waals surface area contributed by atoms with E-state index >= 15 is 0 Å². The number of aromatic nitrogens is 2. The molecule has 6 heteroatoms. The van der Waals surface area contributed by atoms with Crippen molar-refractivity contribution in [2.45, 2.75) is 26.7 Å². The Kier molecular flexibility index (Phi) is 7.37. The molecule has 3 rings (SSSR count). The first-order valence-electron chi connectivity index (χ1n) is 10.4. The lowest BCUT2D eigenvalue weighted by atomic mass is 9.96. The molecule has 1 saturated heterocycles. The summed E-state index contributed by atoms with van der Waals surface area (Å²) in [5.41, 5.74) is 1.95. The van der Waals surface area contributed by atoms with Gasteiger partial charge in [0.25, 0.3) is 0 Å². The molecule has 1 aliphatic rings. The molecule has 0 bridgehead atoms. The number of hydrogen-bond acceptors (Lipinski definition) is 5. The fourth-order valence-electron chi connectivity index (χ4n) is 3.65. The van der Waals surface area contributed by atoms with Crippen LogP contribution in [0.1, 0.15) is 26.7 Å². The van der Waals surface area contributed by atoms with Crippen LogP contribution in [-0.4, -0.2) is 60.3 Å². The Morgan fingerprint density at radius 2 is 1.79 bits per heavy atom. The zero-order chi connectivity index (χ0) is 19.8. The summed E-state index contributed by atoms with van der Waals surface area (Å²) in [6, 6.07) is 14.1. The van der Waals surface area contributed by atoms with Gasteiger partial charge in [0.1, 0.15) is 0 Å². The third-order valence-electron chi connectivity index (χ3n) is 5.53. The highest BCUT2D eigenvalue weighted by atomic mass is 16.1. The van der Waals surface area contributed by atoms with Crippen LogP contribution >= 0.6 is 0 Å². The number of rotatable bonds is 8. The summed E-state index contributed by atoms with van der Waals surface area (Å²) in [7, 11) is 0. The fraction of sp³-hybridized carbons (Fsp3) is 0.500. The van der Waals surface area contributed by atoms with Crippen LogP contribution in [-0.2, 0) is 4.79 Å². The normalized spacial score (nSPS) is 15.0.